The third kappa shape index (κ3) is 4.97. The van der Waals surface area contributed by atoms with Gasteiger partial charge in [0.25, 0.3) is 0 Å². The molecule has 0 aromatic heterocycles. The summed E-state index contributed by atoms with van der Waals surface area (Å²) in [4.78, 5) is 3.33. The number of hydrogen-bond acceptors (Lipinski definition) is 2. The molecule has 0 aliphatic carbocycles. The van der Waals surface area contributed by atoms with E-state index in [1.807, 2.05) is 6.07 Å². The minimum Gasteiger partial charge on any atom is -0.497 e. The number of ether oxygens (including phenoxy) is 2. The third-order valence-electron chi connectivity index (χ3n) is 5.10. The Balaban J connectivity index is 1.53. The predicted molar refractivity (Wildman–Crippen MR) is 99.5 cm³/mol. The first-order valence-corrected chi connectivity index (χ1v) is 9.11. The fraction of sp³-hybridized carbons (Fsp3) is 0.429. The lowest BCUT2D eigenvalue weighted by molar-refractivity contribution is -1.02. The zero-order chi connectivity index (χ0) is 17.6. The van der Waals surface area contributed by atoms with Crippen LogP contribution >= 0.6 is 0 Å². The number of methoxy groups -OCH3 is 2. The van der Waals surface area contributed by atoms with Gasteiger partial charge in [-0.25, -0.2) is 0 Å². The van der Waals surface area contributed by atoms with Crippen LogP contribution in [-0.4, -0.2) is 40.4 Å². The van der Waals surface area contributed by atoms with E-state index >= 15 is 0 Å². The van der Waals surface area contributed by atoms with E-state index in [0.717, 1.165) is 24.6 Å². The topological polar surface area (TPSA) is 27.3 Å². The van der Waals surface area contributed by atoms with Gasteiger partial charge < -0.3 is 19.3 Å². The summed E-state index contributed by atoms with van der Waals surface area (Å²) >= 11 is 0. The minimum absolute atomic E-state index is 0.873. The molecule has 134 valence electrons. The molecule has 0 unspecified atom stereocenters. The van der Waals surface area contributed by atoms with E-state index in [2.05, 4.69) is 43.3 Å². The van der Waals surface area contributed by atoms with Crippen LogP contribution in [0, 0.1) is 6.92 Å². The summed E-state index contributed by atoms with van der Waals surface area (Å²) in [5.41, 5.74) is 4.07. The molecular formula is C21H30N2O2+2. The molecule has 0 atom stereocenters. The van der Waals surface area contributed by atoms with E-state index in [-0.39, 0.29) is 0 Å². The quantitative estimate of drug-likeness (QED) is 0.800. The maximum atomic E-state index is 5.38. The van der Waals surface area contributed by atoms with Crippen LogP contribution in [0.2, 0.25) is 0 Å². The standard InChI is InChI=1S/C21H28N2O2/c1-17-4-6-18(7-5-17)15-22-8-10-23(11-9-22)16-19-12-20(24-2)14-21(13-19)25-3/h4-7,12-14H,8-11,15-16H2,1-3H3/p+2. The zero-order valence-corrected chi connectivity index (χ0v) is 15.6. The van der Waals surface area contributed by atoms with E-state index in [1.165, 1.54) is 42.9 Å². The Labute approximate surface area is 151 Å². The normalized spacial score (nSPS) is 20.3. The number of nitrogens with one attached hydrogen (secondary N) is 2. The summed E-state index contributed by atoms with van der Waals surface area (Å²) in [5, 5.41) is 0. The van der Waals surface area contributed by atoms with E-state index in [4.69, 9.17) is 9.47 Å². The first-order valence-electron chi connectivity index (χ1n) is 9.11. The highest BCUT2D eigenvalue weighted by atomic mass is 16.5. The molecule has 1 aliphatic heterocycles. The maximum absolute atomic E-state index is 5.38. The van der Waals surface area contributed by atoms with Crippen LogP contribution < -0.4 is 19.3 Å². The number of benzene rings is 2. The molecule has 1 heterocycles. The SMILES string of the molecule is COc1cc(C[NH+]2CC[NH+](Cc3ccc(C)cc3)CC2)cc(OC)c1. The van der Waals surface area contributed by atoms with Gasteiger partial charge in [-0.05, 0) is 19.1 Å². The Hall–Kier alpha value is -2.04. The third-order valence-corrected chi connectivity index (χ3v) is 5.10. The van der Waals surface area contributed by atoms with Gasteiger partial charge in [0.05, 0.1) is 14.2 Å². The molecule has 0 amide bonds. The molecule has 4 heteroatoms. The van der Waals surface area contributed by atoms with Crippen molar-refractivity contribution in [2.24, 2.45) is 0 Å². The van der Waals surface area contributed by atoms with Gasteiger partial charge in [-0.15, -0.1) is 0 Å². The Kier molecular flexibility index (Phi) is 5.95. The Morgan fingerprint density at radius 3 is 1.68 bits per heavy atom. The van der Waals surface area contributed by atoms with Crippen molar-refractivity contribution in [1.29, 1.82) is 0 Å². The van der Waals surface area contributed by atoms with Crippen molar-refractivity contribution < 1.29 is 19.3 Å². The van der Waals surface area contributed by atoms with Gasteiger partial charge in [0, 0.05) is 17.2 Å². The monoisotopic (exact) mass is 342 g/mol. The Bertz CT molecular complexity index is 655. The lowest BCUT2D eigenvalue weighted by Gasteiger charge is -2.30. The van der Waals surface area contributed by atoms with E-state index in [0.29, 0.717) is 0 Å². The second kappa shape index (κ2) is 8.37. The predicted octanol–water partition coefficient (Wildman–Crippen LogP) is 0.496. The average Bonchev–Trinajstić information content (AvgIpc) is 2.65. The van der Waals surface area contributed by atoms with Crippen LogP contribution in [0.5, 0.6) is 11.5 Å². The van der Waals surface area contributed by atoms with Crippen LogP contribution in [0.3, 0.4) is 0 Å². The highest BCUT2D eigenvalue weighted by molar-refractivity contribution is 5.38. The molecule has 2 aromatic rings. The van der Waals surface area contributed by atoms with Gasteiger partial charge in [0.1, 0.15) is 50.8 Å². The van der Waals surface area contributed by atoms with Crippen LogP contribution in [-0.2, 0) is 13.1 Å². The molecule has 4 nitrogen and oxygen atoms in total. The number of hydrogen-bond donors (Lipinski definition) is 2. The Morgan fingerprint density at radius 1 is 0.720 bits per heavy atom. The molecule has 2 aromatic carbocycles. The van der Waals surface area contributed by atoms with Crippen molar-refractivity contribution in [1.82, 2.24) is 0 Å². The summed E-state index contributed by atoms with van der Waals surface area (Å²) in [5.74, 6) is 1.75. The summed E-state index contributed by atoms with van der Waals surface area (Å²) < 4.78 is 10.8. The lowest BCUT2D eigenvalue weighted by Crippen LogP contribution is -3.27. The van der Waals surface area contributed by atoms with Gasteiger partial charge in [-0.2, -0.15) is 0 Å². The first kappa shape index (κ1) is 17.8. The van der Waals surface area contributed by atoms with Crippen LogP contribution in [0.4, 0.5) is 0 Å². The molecule has 25 heavy (non-hydrogen) atoms. The molecule has 3 rings (SSSR count). The Morgan fingerprint density at radius 2 is 1.20 bits per heavy atom. The van der Waals surface area contributed by atoms with Crippen LogP contribution in [0.15, 0.2) is 42.5 Å². The first-order chi connectivity index (χ1) is 12.2. The van der Waals surface area contributed by atoms with Crippen LogP contribution in [0.25, 0.3) is 0 Å². The van der Waals surface area contributed by atoms with Crippen molar-refractivity contribution in [2.75, 3.05) is 40.4 Å². The minimum atomic E-state index is 0.873. The zero-order valence-electron chi connectivity index (χ0n) is 15.6. The number of aryl methyl sites for hydroxylation is 1. The van der Waals surface area contributed by atoms with E-state index in [1.54, 1.807) is 24.0 Å². The molecule has 1 fully saturated rings. The van der Waals surface area contributed by atoms with Crippen molar-refractivity contribution >= 4 is 0 Å². The molecule has 1 saturated heterocycles. The second-order valence-corrected chi connectivity index (χ2v) is 7.06. The van der Waals surface area contributed by atoms with Gasteiger partial charge in [-0.1, -0.05) is 29.8 Å². The van der Waals surface area contributed by atoms with Crippen molar-refractivity contribution in [3.8, 4) is 11.5 Å². The largest absolute Gasteiger partial charge is 0.497 e. The number of rotatable bonds is 6. The molecule has 0 saturated carbocycles. The smallest absolute Gasteiger partial charge is 0.127 e. The highest BCUT2D eigenvalue weighted by Crippen LogP contribution is 2.21. The molecular weight excluding hydrogens is 312 g/mol. The van der Waals surface area contributed by atoms with E-state index < -0.39 is 0 Å². The van der Waals surface area contributed by atoms with Crippen molar-refractivity contribution in [2.45, 2.75) is 20.0 Å². The van der Waals surface area contributed by atoms with Gasteiger partial charge in [0.2, 0.25) is 0 Å². The molecule has 0 spiro atoms. The highest BCUT2D eigenvalue weighted by Gasteiger charge is 2.23. The summed E-state index contributed by atoms with van der Waals surface area (Å²) in [7, 11) is 3.41. The summed E-state index contributed by atoms with van der Waals surface area (Å²) in [6.45, 7) is 9.19. The molecule has 2 N–H and O–H groups in total. The summed E-state index contributed by atoms with van der Waals surface area (Å²) in [6.07, 6.45) is 0. The fourth-order valence-electron chi connectivity index (χ4n) is 3.56. The van der Waals surface area contributed by atoms with Crippen molar-refractivity contribution in [3.63, 3.8) is 0 Å². The lowest BCUT2D eigenvalue weighted by atomic mass is 10.1. The average molecular weight is 342 g/mol. The second-order valence-electron chi connectivity index (χ2n) is 7.06. The number of piperazine rings is 1. The summed E-state index contributed by atoms with van der Waals surface area (Å²) in [6, 6.07) is 15.2. The number of quaternary nitrogens is 2. The molecule has 0 radical (unpaired) electrons. The van der Waals surface area contributed by atoms with Gasteiger partial charge in [0.15, 0.2) is 0 Å². The van der Waals surface area contributed by atoms with Gasteiger partial charge >= 0.3 is 0 Å². The fourth-order valence-corrected chi connectivity index (χ4v) is 3.56. The molecule has 1 aliphatic rings. The van der Waals surface area contributed by atoms with E-state index in [9.17, 15) is 0 Å². The van der Waals surface area contributed by atoms with Crippen molar-refractivity contribution in [3.05, 3.63) is 59.2 Å². The maximum Gasteiger partial charge on any atom is 0.127 e. The van der Waals surface area contributed by atoms with Gasteiger partial charge in [-0.3, -0.25) is 0 Å². The molecule has 0 bridgehead atoms. The van der Waals surface area contributed by atoms with Crippen LogP contribution in [0.1, 0.15) is 16.7 Å².